The zero-order chi connectivity index (χ0) is 13.0. The number of aromatic nitrogens is 1. The van der Waals surface area contributed by atoms with Crippen LogP contribution in [0.25, 0.3) is 0 Å². The summed E-state index contributed by atoms with van der Waals surface area (Å²) in [5.74, 6) is 1.33. The summed E-state index contributed by atoms with van der Waals surface area (Å²) in [6.45, 7) is 4.41. The highest BCUT2D eigenvalue weighted by molar-refractivity contribution is 5.53. The van der Waals surface area contributed by atoms with Gasteiger partial charge >= 0.3 is 0 Å². The molecule has 0 aromatic carbocycles. The monoisotopic (exact) mass is 250 g/mol. The van der Waals surface area contributed by atoms with Gasteiger partial charge in [0.25, 0.3) is 0 Å². The largest absolute Gasteiger partial charge is 0.476 e. The third-order valence-corrected chi connectivity index (χ3v) is 3.11. The van der Waals surface area contributed by atoms with Gasteiger partial charge in [0.15, 0.2) is 0 Å². The molecule has 5 nitrogen and oxygen atoms in total. The van der Waals surface area contributed by atoms with Gasteiger partial charge in [-0.25, -0.2) is 0 Å². The van der Waals surface area contributed by atoms with Crippen LogP contribution >= 0.6 is 0 Å². The molecule has 18 heavy (non-hydrogen) atoms. The number of nitrogens with zero attached hydrogens (tertiary/aromatic N) is 2. The predicted octanol–water partition coefficient (Wildman–Crippen LogP) is 1.57. The van der Waals surface area contributed by atoms with E-state index in [1.807, 2.05) is 19.1 Å². The second kappa shape index (κ2) is 5.91. The zero-order valence-electron chi connectivity index (χ0n) is 11.1. The number of nitrogen functional groups attached to an aromatic ring is 1. The van der Waals surface area contributed by atoms with Crippen molar-refractivity contribution in [2.75, 3.05) is 37.8 Å². The lowest BCUT2D eigenvalue weighted by Crippen LogP contribution is -2.27. The molecule has 0 spiro atoms. The first kappa shape index (κ1) is 13.0. The molecule has 1 aliphatic carbocycles. The molecule has 1 aromatic heterocycles. The van der Waals surface area contributed by atoms with Crippen LogP contribution in [0.4, 0.5) is 11.5 Å². The molecule has 1 aromatic rings. The molecule has 2 rings (SSSR count). The van der Waals surface area contributed by atoms with Gasteiger partial charge in [0.1, 0.15) is 5.82 Å². The van der Waals surface area contributed by atoms with Gasteiger partial charge in [0, 0.05) is 19.1 Å². The highest BCUT2D eigenvalue weighted by Gasteiger charge is 2.25. The Bertz CT molecular complexity index is 393. The first-order chi connectivity index (χ1) is 8.70. The fourth-order valence-electron chi connectivity index (χ4n) is 1.86. The molecule has 1 aliphatic rings. The Balaban J connectivity index is 1.82. The van der Waals surface area contributed by atoms with Crippen LogP contribution in [0.15, 0.2) is 12.1 Å². The normalized spacial score (nSPS) is 14.8. The maximum Gasteiger partial charge on any atom is 0.239 e. The number of hydrogen-bond acceptors (Lipinski definition) is 5. The Morgan fingerprint density at radius 2 is 2.28 bits per heavy atom. The van der Waals surface area contributed by atoms with Gasteiger partial charge in [0.05, 0.1) is 12.3 Å². The Labute approximate surface area is 108 Å². The molecule has 0 aliphatic heterocycles. The second-order valence-corrected chi connectivity index (χ2v) is 4.66. The second-order valence-electron chi connectivity index (χ2n) is 4.66. The molecule has 1 heterocycles. The lowest BCUT2D eigenvalue weighted by Gasteiger charge is -2.16. The number of likely N-dealkylation sites (N-methyl/N-ethyl adjacent to an activating group) is 1. The molecule has 1 saturated carbocycles. The summed E-state index contributed by atoms with van der Waals surface area (Å²) in [7, 11) is 2.17. The minimum Gasteiger partial charge on any atom is -0.476 e. The van der Waals surface area contributed by atoms with Gasteiger partial charge in [-0.05, 0) is 38.9 Å². The van der Waals surface area contributed by atoms with Gasteiger partial charge in [0.2, 0.25) is 5.88 Å². The lowest BCUT2D eigenvalue weighted by molar-refractivity contribution is 0.328. The lowest BCUT2D eigenvalue weighted by atomic mass is 10.4. The van der Waals surface area contributed by atoms with Crippen LogP contribution in [-0.4, -0.2) is 42.7 Å². The van der Waals surface area contributed by atoms with E-state index in [0.717, 1.165) is 24.9 Å². The third-order valence-electron chi connectivity index (χ3n) is 3.11. The van der Waals surface area contributed by atoms with Crippen LogP contribution in [0.2, 0.25) is 0 Å². The van der Waals surface area contributed by atoms with E-state index >= 15 is 0 Å². The molecular formula is C13H22N4O. The summed E-state index contributed by atoms with van der Waals surface area (Å²) in [5.41, 5.74) is 6.36. The Kier molecular flexibility index (Phi) is 4.25. The number of nitrogens with one attached hydrogen (secondary N) is 1. The van der Waals surface area contributed by atoms with E-state index in [0.29, 0.717) is 18.2 Å². The van der Waals surface area contributed by atoms with E-state index in [1.165, 1.54) is 12.8 Å². The minimum atomic E-state index is 0.512. The van der Waals surface area contributed by atoms with Crippen LogP contribution < -0.4 is 15.8 Å². The standard InChI is InChI=1S/C13H22N4O/c1-3-18-13-11(14)6-7-12(16-13)15-8-9-17(2)10-4-5-10/h6-7,10H,3-5,8-9,14H2,1-2H3,(H,15,16). The van der Waals surface area contributed by atoms with Crippen molar-refractivity contribution in [2.45, 2.75) is 25.8 Å². The average Bonchev–Trinajstić information content (AvgIpc) is 3.17. The smallest absolute Gasteiger partial charge is 0.239 e. The molecule has 1 fully saturated rings. The fourth-order valence-corrected chi connectivity index (χ4v) is 1.86. The number of anilines is 2. The fraction of sp³-hybridized carbons (Fsp3) is 0.615. The molecule has 5 heteroatoms. The van der Waals surface area contributed by atoms with Crippen LogP contribution in [0.5, 0.6) is 5.88 Å². The molecule has 0 bridgehead atoms. The number of rotatable bonds is 7. The van der Waals surface area contributed by atoms with Crippen LogP contribution in [0.3, 0.4) is 0 Å². The summed E-state index contributed by atoms with van der Waals surface area (Å²) in [6, 6.07) is 4.50. The molecule has 0 radical (unpaired) electrons. The number of ether oxygens (including phenoxy) is 1. The van der Waals surface area contributed by atoms with Crippen molar-refractivity contribution in [3.63, 3.8) is 0 Å². The molecule has 0 atom stereocenters. The maximum atomic E-state index is 5.78. The van der Waals surface area contributed by atoms with Gasteiger partial charge < -0.3 is 20.7 Å². The summed E-state index contributed by atoms with van der Waals surface area (Å²) in [6.07, 6.45) is 2.68. The van der Waals surface area contributed by atoms with E-state index < -0.39 is 0 Å². The predicted molar refractivity (Wildman–Crippen MR) is 74.0 cm³/mol. The quantitative estimate of drug-likeness (QED) is 0.769. The van der Waals surface area contributed by atoms with Crippen LogP contribution in [0, 0.1) is 0 Å². The molecule has 0 saturated heterocycles. The SMILES string of the molecule is CCOc1nc(NCCN(C)C2CC2)ccc1N. The summed E-state index contributed by atoms with van der Waals surface area (Å²) in [5, 5.41) is 3.30. The molecule has 0 amide bonds. The molecule has 0 unspecified atom stereocenters. The highest BCUT2D eigenvalue weighted by atomic mass is 16.5. The Morgan fingerprint density at radius 3 is 2.94 bits per heavy atom. The molecular weight excluding hydrogens is 228 g/mol. The van der Waals surface area contributed by atoms with Crippen LogP contribution in [-0.2, 0) is 0 Å². The van der Waals surface area contributed by atoms with E-state index in [-0.39, 0.29) is 0 Å². The minimum absolute atomic E-state index is 0.512. The van der Waals surface area contributed by atoms with Crippen molar-refractivity contribution in [3.8, 4) is 5.88 Å². The van der Waals surface area contributed by atoms with Gasteiger partial charge in [-0.15, -0.1) is 0 Å². The first-order valence-electron chi connectivity index (χ1n) is 6.54. The van der Waals surface area contributed by atoms with Crippen molar-refractivity contribution in [1.29, 1.82) is 0 Å². The zero-order valence-corrected chi connectivity index (χ0v) is 11.1. The first-order valence-corrected chi connectivity index (χ1v) is 6.54. The van der Waals surface area contributed by atoms with Crippen molar-refractivity contribution < 1.29 is 4.74 Å². The third kappa shape index (κ3) is 3.50. The topological polar surface area (TPSA) is 63.4 Å². The van der Waals surface area contributed by atoms with E-state index in [1.54, 1.807) is 0 Å². The highest BCUT2D eigenvalue weighted by Crippen LogP contribution is 2.25. The van der Waals surface area contributed by atoms with E-state index in [2.05, 4.69) is 22.2 Å². The molecule has 3 N–H and O–H groups in total. The Hall–Kier alpha value is -1.49. The van der Waals surface area contributed by atoms with Gasteiger partial charge in [-0.3, -0.25) is 0 Å². The Morgan fingerprint density at radius 1 is 1.50 bits per heavy atom. The van der Waals surface area contributed by atoms with Crippen molar-refractivity contribution in [2.24, 2.45) is 0 Å². The van der Waals surface area contributed by atoms with Gasteiger partial charge in [-0.2, -0.15) is 4.98 Å². The summed E-state index contributed by atoms with van der Waals surface area (Å²) < 4.78 is 5.37. The number of pyridine rings is 1. The van der Waals surface area contributed by atoms with Crippen LogP contribution in [0.1, 0.15) is 19.8 Å². The number of nitrogens with two attached hydrogens (primary N) is 1. The van der Waals surface area contributed by atoms with E-state index in [4.69, 9.17) is 10.5 Å². The number of hydrogen-bond donors (Lipinski definition) is 2. The van der Waals surface area contributed by atoms with Crippen molar-refractivity contribution in [1.82, 2.24) is 9.88 Å². The van der Waals surface area contributed by atoms with Gasteiger partial charge in [-0.1, -0.05) is 0 Å². The summed E-state index contributed by atoms with van der Waals surface area (Å²) in [4.78, 5) is 6.73. The van der Waals surface area contributed by atoms with Crippen molar-refractivity contribution >= 4 is 11.5 Å². The molecule has 100 valence electrons. The van der Waals surface area contributed by atoms with E-state index in [9.17, 15) is 0 Å². The van der Waals surface area contributed by atoms with Crippen molar-refractivity contribution in [3.05, 3.63) is 12.1 Å². The average molecular weight is 250 g/mol. The maximum absolute atomic E-state index is 5.78. The summed E-state index contributed by atoms with van der Waals surface area (Å²) >= 11 is 0.